The Labute approximate surface area is 201 Å². The second kappa shape index (κ2) is 13.4. The quantitative estimate of drug-likeness (QED) is 0.267. The van der Waals surface area contributed by atoms with E-state index in [1.54, 1.807) is 0 Å². The van der Waals surface area contributed by atoms with Crippen LogP contribution in [0.25, 0.3) is 0 Å². The fourth-order valence-electron chi connectivity index (χ4n) is 2.59. The molecule has 2 aromatic carbocycles. The average Bonchev–Trinajstić information content (AvgIpc) is 2.79. The standard InChI is InChI=1S/C23H29N3O4Se2/c1-15(2)20(24)22(28)25-18(13-31-16-9-5-3-6-10-16)21(27)26-19(23(29)30)14-32-17-11-7-4-8-12-17/h3-12,15,18-20H,13-14,24H2,1-2H3,(H,25,28)(H,26,27)(H,29,30)/t18-,19-,20-/m0/s1. The molecular formula is C23H29N3O4Se2. The van der Waals surface area contributed by atoms with Crippen LogP contribution in [0.15, 0.2) is 60.7 Å². The molecule has 2 aromatic rings. The molecule has 172 valence electrons. The first-order chi connectivity index (χ1) is 15.3. The van der Waals surface area contributed by atoms with E-state index in [9.17, 15) is 19.5 Å². The van der Waals surface area contributed by atoms with Crippen LogP contribution in [-0.2, 0) is 14.4 Å². The van der Waals surface area contributed by atoms with E-state index in [-0.39, 0.29) is 35.8 Å². The SMILES string of the molecule is CC(C)[C@H](N)C(=O)N[C@@H](C[Se]c1ccccc1)C(=O)N[C@@H](C[Se]c1ccccc1)C(=O)O. The Morgan fingerprint density at radius 2 is 1.25 bits per heavy atom. The molecule has 0 aliphatic carbocycles. The van der Waals surface area contributed by atoms with E-state index >= 15 is 0 Å². The predicted molar refractivity (Wildman–Crippen MR) is 128 cm³/mol. The van der Waals surface area contributed by atoms with E-state index in [2.05, 4.69) is 10.6 Å². The minimum absolute atomic E-state index is 0.0782. The zero-order chi connectivity index (χ0) is 23.5. The molecule has 0 aromatic heterocycles. The van der Waals surface area contributed by atoms with Crippen LogP contribution in [0.2, 0.25) is 10.6 Å². The van der Waals surface area contributed by atoms with E-state index in [1.807, 2.05) is 74.5 Å². The minimum atomic E-state index is -1.09. The van der Waals surface area contributed by atoms with E-state index < -0.39 is 35.9 Å². The average molecular weight is 569 g/mol. The number of carbonyl (C=O) groups is 3. The summed E-state index contributed by atoms with van der Waals surface area (Å²) in [5.41, 5.74) is 5.95. The van der Waals surface area contributed by atoms with E-state index in [4.69, 9.17) is 5.73 Å². The van der Waals surface area contributed by atoms with E-state index in [0.717, 1.165) is 8.92 Å². The third-order valence-corrected chi connectivity index (χ3v) is 9.23. The summed E-state index contributed by atoms with van der Waals surface area (Å²) >= 11 is -0.185. The fourth-order valence-corrected chi connectivity index (χ4v) is 6.53. The van der Waals surface area contributed by atoms with Gasteiger partial charge >= 0.3 is 202 Å². The molecule has 0 aliphatic rings. The normalized spacial score (nSPS) is 13.8. The Balaban J connectivity index is 2.07. The van der Waals surface area contributed by atoms with Crippen molar-refractivity contribution in [3.05, 3.63) is 60.7 Å². The van der Waals surface area contributed by atoms with Gasteiger partial charge < -0.3 is 0 Å². The van der Waals surface area contributed by atoms with Crippen molar-refractivity contribution in [2.24, 2.45) is 11.7 Å². The number of hydrogen-bond donors (Lipinski definition) is 4. The van der Waals surface area contributed by atoms with Gasteiger partial charge in [0.2, 0.25) is 0 Å². The summed E-state index contributed by atoms with van der Waals surface area (Å²) in [5.74, 6) is -2.08. The van der Waals surface area contributed by atoms with Crippen molar-refractivity contribution in [2.75, 3.05) is 0 Å². The Morgan fingerprint density at radius 1 is 0.812 bits per heavy atom. The van der Waals surface area contributed by atoms with Gasteiger partial charge in [-0.1, -0.05) is 0 Å². The monoisotopic (exact) mass is 571 g/mol. The van der Waals surface area contributed by atoms with Gasteiger partial charge in [0.15, 0.2) is 0 Å². The molecule has 0 bridgehead atoms. The van der Waals surface area contributed by atoms with Crippen molar-refractivity contribution in [3.8, 4) is 0 Å². The summed E-state index contributed by atoms with van der Waals surface area (Å²) in [6, 6.07) is 16.7. The molecule has 7 nitrogen and oxygen atoms in total. The number of nitrogens with one attached hydrogen (secondary N) is 2. The number of amides is 2. The Morgan fingerprint density at radius 3 is 1.69 bits per heavy atom. The zero-order valence-electron chi connectivity index (χ0n) is 18.1. The number of rotatable bonds is 12. The van der Waals surface area contributed by atoms with Crippen LogP contribution in [0.1, 0.15) is 13.8 Å². The fraction of sp³-hybridized carbons (Fsp3) is 0.348. The van der Waals surface area contributed by atoms with Crippen molar-refractivity contribution in [2.45, 2.75) is 42.6 Å². The van der Waals surface area contributed by atoms with Crippen molar-refractivity contribution < 1.29 is 19.5 Å². The molecule has 32 heavy (non-hydrogen) atoms. The van der Waals surface area contributed by atoms with Gasteiger partial charge in [0, 0.05) is 0 Å². The number of carbonyl (C=O) groups excluding carboxylic acids is 2. The summed E-state index contributed by atoms with van der Waals surface area (Å²) in [6.45, 7) is 3.67. The summed E-state index contributed by atoms with van der Waals surface area (Å²) in [5, 5.41) is 15.7. The first-order valence-corrected chi connectivity index (χ1v) is 14.4. The van der Waals surface area contributed by atoms with Crippen LogP contribution in [0.5, 0.6) is 0 Å². The van der Waals surface area contributed by atoms with Gasteiger partial charge in [0.25, 0.3) is 0 Å². The van der Waals surface area contributed by atoms with Gasteiger partial charge in [0.1, 0.15) is 0 Å². The third kappa shape index (κ3) is 8.77. The van der Waals surface area contributed by atoms with Crippen molar-refractivity contribution in [1.82, 2.24) is 10.6 Å². The Hall–Kier alpha value is -2.15. The van der Waals surface area contributed by atoms with Gasteiger partial charge in [-0.25, -0.2) is 0 Å². The van der Waals surface area contributed by atoms with Crippen LogP contribution in [0.3, 0.4) is 0 Å². The number of nitrogens with two attached hydrogens (primary N) is 1. The number of aliphatic carboxylic acids is 1. The van der Waals surface area contributed by atoms with E-state index in [0.29, 0.717) is 10.6 Å². The van der Waals surface area contributed by atoms with Gasteiger partial charge in [-0.15, -0.1) is 0 Å². The molecule has 0 unspecified atom stereocenters. The van der Waals surface area contributed by atoms with Gasteiger partial charge in [-0.3, -0.25) is 0 Å². The molecule has 2 rings (SSSR count). The molecule has 0 heterocycles. The number of hydrogen-bond acceptors (Lipinski definition) is 4. The first kappa shape index (κ1) is 26.1. The van der Waals surface area contributed by atoms with Gasteiger partial charge in [-0.05, 0) is 0 Å². The second-order valence-electron chi connectivity index (χ2n) is 7.48. The number of carboxylic acids is 1. The second-order valence-corrected chi connectivity index (χ2v) is 12.1. The third-order valence-electron chi connectivity index (χ3n) is 4.59. The van der Waals surface area contributed by atoms with Crippen molar-refractivity contribution >= 4 is 56.6 Å². The Kier molecular flexibility index (Phi) is 10.9. The Bertz CT molecular complexity index is 881. The maximum atomic E-state index is 13.0. The molecule has 0 spiro atoms. The van der Waals surface area contributed by atoms with E-state index in [1.165, 1.54) is 0 Å². The molecule has 0 radical (unpaired) electrons. The zero-order valence-corrected chi connectivity index (χ0v) is 21.5. The molecule has 0 saturated carbocycles. The predicted octanol–water partition coefficient (Wildman–Crippen LogP) is -0.0801. The maximum absolute atomic E-state index is 13.0. The first-order valence-electron chi connectivity index (χ1n) is 10.2. The molecule has 9 heteroatoms. The summed E-state index contributed by atoms with van der Waals surface area (Å²) < 4.78 is 2.14. The van der Waals surface area contributed by atoms with Crippen LogP contribution in [-0.4, -0.2) is 70.9 Å². The summed E-state index contributed by atoms with van der Waals surface area (Å²) in [6.07, 6.45) is 0. The van der Waals surface area contributed by atoms with Gasteiger partial charge in [0.05, 0.1) is 0 Å². The van der Waals surface area contributed by atoms with Gasteiger partial charge in [-0.2, -0.15) is 0 Å². The topological polar surface area (TPSA) is 122 Å². The summed E-state index contributed by atoms with van der Waals surface area (Å²) in [4.78, 5) is 37.3. The van der Waals surface area contributed by atoms with Crippen LogP contribution >= 0.6 is 0 Å². The van der Waals surface area contributed by atoms with Crippen LogP contribution in [0.4, 0.5) is 0 Å². The molecule has 5 N–H and O–H groups in total. The molecule has 3 atom stereocenters. The van der Waals surface area contributed by atoms with Crippen LogP contribution in [0, 0.1) is 5.92 Å². The molecule has 0 aliphatic heterocycles. The number of benzene rings is 2. The number of carboxylic acid groups (broad SMARTS) is 1. The molecular weight excluding hydrogens is 540 g/mol. The molecule has 0 fully saturated rings. The summed E-state index contributed by atoms with van der Waals surface area (Å²) in [7, 11) is 0. The van der Waals surface area contributed by atoms with Crippen molar-refractivity contribution in [3.63, 3.8) is 0 Å². The van der Waals surface area contributed by atoms with Crippen molar-refractivity contribution in [1.29, 1.82) is 0 Å². The van der Waals surface area contributed by atoms with Crippen LogP contribution < -0.4 is 25.3 Å². The molecule has 2 amide bonds. The molecule has 0 saturated heterocycles.